The number of rotatable bonds is 3. The minimum atomic E-state index is -0.581. The zero-order chi connectivity index (χ0) is 19.8. The lowest BCUT2D eigenvalue weighted by molar-refractivity contribution is 0.0466. The van der Waals surface area contributed by atoms with E-state index in [0.29, 0.717) is 27.9 Å². The molecule has 0 saturated carbocycles. The van der Waals surface area contributed by atoms with Gasteiger partial charge in [-0.15, -0.1) is 0 Å². The van der Waals surface area contributed by atoms with E-state index < -0.39 is 11.8 Å². The first-order valence-corrected chi connectivity index (χ1v) is 8.64. The van der Waals surface area contributed by atoms with Crippen LogP contribution in [0.4, 0.5) is 4.39 Å². The highest BCUT2D eigenvalue weighted by Crippen LogP contribution is 2.19. The molecular weight excluding hydrogens is 361 g/mol. The predicted octanol–water partition coefficient (Wildman–Crippen LogP) is 3.36. The van der Waals surface area contributed by atoms with Gasteiger partial charge in [0.05, 0.1) is 22.5 Å². The molecule has 0 aliphatic heterocycles. The number of nitrogens with zero attached hydrogens (tertiary/aromatic N) is 3. The van der Waals surface area contributed by atoms with Gasteiger partial charge in [-0.1, -0.05) is 0 Å². The number of carbonyl (C=O) groups is 1. The molecule has 0 N–H and O–H groups in total. The number of hydrogen-bond donors (Lipinski definition) is 0. The van der Waals surface area contributed by atoms with E-state index in [1.807, 2.05) is 13.0 Å². The molecule has 0 bridgehead atoms. The van der Waals surface area contributed by atoms with Crippen LogP contribution < -0.4 is 5.56 Å². The summed E-state index contributed by atoms with van der Waals surface area (Å²) in [5.41, 5.74) is 2.75. The van der Waals surface area contributed by atoms with E-state index in [1.165, 1.54) is 22.6 Å². The monoisotopic (exact) mass is 377 g/mol. The summed E-state index contributed by atoms with van der Waals surface area (Å²) in [6.45, 7) is 3.42. The van der Waals surface area contributed by atoms with Gasteiger partial charge in [-0.2, -0.15) is 0 Å². The van der Waals surface area contributed by atoms with Crippen molar-refractivity contribution < 1.29 is 13.9 Å². The standard InChI is InChI=1S/C21H16FN3O3/c1-12-5-6-25-19(7-12)24-16(10-20(25)26)11-28-21(27)17-8-14-3-4-15(22)9-18(14)23-13(17)2/h3-10H,11H2,1-2H3. The number of fused-ring (bicyclic) bond motifs is 2. The van der Waals surface area contributed by atoms with E-state index in [0.717, 1.165) is 5.56 Å². The highest BCUT2D eigenvalue weighted by atomic mass is 19.1. The van der Waals surface area contributed by atoms with Crippen molar-refractivity contribution in [2.75, 3.05) is 0 Å². The molecule has 7 heteroatoms. The van der Waals surface area contributed by atoms with E-state index in [1.54, 1.807) is 31.3 Å². The van der Waals surface area contributed by atoms with Crippen molar-refractivity contribution in [3.63, 3.8) is 0 Å². The molecule has 0 unspecified atom stereocenters. The summed E-state index contributed by atoms with van der Waals surface area (Å²) in [4.78, 5) is 33.3. The highest BCUT2D eigenvalue weighted by molar-refractivity contribution is 5.95. The van der Waals surface area contributed by atoms with E-state index in [9.17, 15) is 14.0 Å². The number of carbonyl (C=O) groups excluding carboxylic acids is 1. The lowest BCUT2D eigenvalue weighted by atomic mass is 10.1. The normalized spacial score (nSPS) is 11.1. The van der Waals surface area contributed by atoms with Gasteiger partial charge in [-0.05, 0) is 49.7 Å². The van der Waals surface area contributed by atoms with E-state index >= 15 is 0 Å². The minimum absolute atomic E-state index is 0.139. The molecule has 0 atom stereocenters. The van der Waals surface area contributed by atoms with Crippen LogP contribution in [0.5, 0.6) is 0 Å². The van der Waals surface area contributed by atoms with Crippen molar-refractivity contribution >= 4 is 22.5 Å². The number of hydrogen-bond acceptors (Lipinski definition) is 5. The zero-order valence-electron chi connectivity index (χ0n) is 15.3. The summed E-state index contributed by atoms with van der Waals surface area (Å²) in [6.07, 6.45) is 1.66. The van der Waals surface area contributed by atoms with Gasteiger partial charge in [0.25, 0.3) is 5.56 Å². The third-order valence-electron chi connectivity index (χ3n) is 4.42. The van der Waals surface area contributed by atoms with Crippen LogP contribution >= 0.6 is 0 Å². The number of esters is 1. The van der Waals surface area contributed by atoms with Gasteiger partial charge in [0.2, 0.25) is 0 Å². The SMILES string of the molecule is Cc1ccn2c(=O)cc(COC(=O)c3cc4ccc(F)cc4nc3C)nc2c1. The van der Waals surface area contributed by atoms with Gasteiger partial charge in [0.1, 0.15) is 18.1 Å². The molecular formula is C21H16FN3O3. The van der Waals surface area contributed by atoms with Crippen LogP contribution in [-0.2, 0) is 11.3 Å². The molecule has 1 aromatic carbocycles. The number of halogens is 1. The smallest absolute Gasteiger partial charge is 0.340 e. The van der Waals surface area contributed by atoms with Crippen LogP contribution in [0.1, 0.15) is 27.3 Å². The van der Waals surface area contributed by atoms with Crippen LogP contribution in [0.3, 0.4) is 0 Å². The van der Waals surface area contributed by atoms with E-state index in [2.05, 4.69) is 9.97 Å². The van der Waals surface area contributed by atoms with Crippen molar-refractivity contribution in [3.05, 3.63) is 87.3 Å². The fourth-order valence-corrected chi connectivity index (χ4v) is 2.99. The second-order valence-corrected chi connectivity index (χ2v) is 6.55. The molecule has 0 radical (unpaired) electrons. The third kappa shape index (κ3) is 3.34. The quantitative estimate of drug-likeness (QED) is 0.512. The zero-order valence-corrected chi connectivity index (χ0v) is 15.3. The third-order valence-corrected chi connectivity index (χ3v) is 4.42. The van der Waals surface area contributed by atoms with Crippen LogP contribution in [0.2, 0.25) is 0 Å². The van der Waals surface area contributed by atoms with Crippen molar-refractivity contribution in [3.8, 4) is 0 Å². The van der Waals surface area contributed by atoms with Gasteiger partial charge in [-0.3, -0.25) is 14.2 Å². The molecule has 0 saturated heterocycles. The molecule has 3 aromatic heterocycles. The lowest BCUT2D eigenvalue weighted by Crippen LogP contribution is -2.17. The molecule has 4 rings (SSSR count). The summed E-state index contributed by atoms with van der Waals surface area (Å²) in [5, 5.41) is 0.636. The van der Waals surface area contributed by atoms with Crippen molar-refractivity contribution in [1.29, 1.82) is 0 Å². The molecule has 3 heterocycles. The van der Waals surface area contributed by atoms with Gasteiger partial charge in [0.15, 0.2) is 0 Å². The fourth-order valence-electron chi connectivity index (χ4n) is 2.99. The second-order valence-electron chi connectivity index (χ2n) is 6.55. The van der Waals surface area contributed by atoms with Crippen LogP contribution in [-0.4, -0.2) is 20.3 Å². The Balaban J connectivity index is 1.60. The van der Waals surface area contributed by atoms with Crippen LogP contribution in [0, 0.1) is 19.7 Å². The number of aryl methyl sites for hydroxylation is 2. The summed E-state index contributed by atoms with van der Waals surface area (Å²) in [5.74, 6) is -0.971. The van der Waals surface area contributed by atoms with Crippen LogP contribution in [0.15, 0.2) is 53.5 Å². The molecule has 4 aromatic rings. The molecule has 140 valence electrons. The Hall–Kier alpha value is -3.61. The maximum absolute atomic E-state index is 13.3. The van der Waals surface area contributed by atoms with E-state index in [4.69, 9.17) is 4.74 Å². The number of pyridine rings is 2. The Labute approximate surface area is 159 Å². The van der Waals surface area contributed by atoms with Gasteiger partial charge in [0, 0.05) is 23.7 Å². The van der Waals surface area contributed by atoms with Gasteiger partial charge in [-0.25, -0.2) is 14.2 Å². The number of aromatic nitrogens is 3. The van der Waals surface area contributed by atoms with Gasteiger partial charge < -0.3 is 4.74 Å². The summed E-state index contributed by atoms with van der Waals surface area (Å²) in [6, 6.07) is 10.7. The average molecular weight is 377 g/mol. The molecule has 0 amide bonds. The predicted molar refractivity (Wildman–Crippen MR) is 102 cm³/mol. The number of benzene rings is 1. The first-order chi connectivity index (χ1) is 13.4. The first-order valence-electron chi connectivity index (χ1n) is 8.64. The molecule has 0 spiro atoms. The molecule has 0 aliphatic rings. The summed E-state index contributed by atoms with van der Waals surface area (Å²) in [7, 11) is 0. The second kappa shape index (κ2) is 6.84. The lowest BCUT2D eigenvalue weighted by Gasteiger charge is -2.09. The average Bonchev–Trinajstić information content (AvgIpc) is 2.65. The molecule has 0 aliphatic carbocycles. The first kappa shape index (κ1) is 17.8. The highest BCUT2D eigenvalue weighted by Gasteiger charge is 2.14. The Kier molecular flexibility index (Phi) is 4.35. The van der Waals surface area contributed by atoms with Gasteiger partial charge >= 0.3 is 5.97 Å². The van der Waals surface area contributed by atoms with Crippen molar-refractivity contribution in [1.82, 2.24) is 14.4 Å². The van der Waals surface area contributed by atoms with Crippen molar-refractivity contribution in [2.24, 2.45) is 0 Å². The maximum atomic E-state index is 13.3. The Morgan fingerprint density at radius 1 is 1.11 bits per heavy atom. The summed E-state index contributed by atoms with van der Waals surface area (Å²) < 4.78 is 20.1. The minimum Gasteiger partial charge on any atom is -0.456 e. The fraction of sp³-hybridized carbons (Fsp3) is 0.143. The Morgan fingerprint density at radius 3 is 2.75 bits per heavy atom. The molecule has 28 heavy (non-hydrogen) atoms. The Morgan fingerprint density at radius 2 is 1.93 bits per heavy atom. The van der Waals surface area contributed by atoms with E-state index in [-0.39, 0.29) is 17.7 Å². The topological polar surface area (TPSA) is 73.6 Å². The Bertz CT molecular complexity index is 1300. The maximum Gasteiger partial charge on any atom is 0.340 e. The summed E-state index contributed by atoms with van der Waals surface area (Å²) >= 11 is 0. The van der Waals surface area contributed by atoms with Crippen molar-refractivity contribution in [2.45, 2.75) is 20.5 Å². The molecule has 6 nitrogen and oxygen atoms in total. The largest absolute Gasteiger partial charge is 0.456 e. The molecule has 0 fully saturated rings. The van der Waals surface area contributed by atoms with Crippen LogP contribution in [0.25, 0.3) is 16.6 Å². The number of ether oxygens (including phenoxy) is 1.